The van der Waals surface area contributed by atoms with E-state index in [2.05, 4.69) is 44.2 Å². The molecule has 1 amide bonds. The van der Waals surface area contributed by atoms with Gasteiger partial charge in [0.25, 0.3) is 0 Å². The third kappa shape index (κ3) is 5.67. The van der Waals surface area contributed by atoms with Gasteiger partial charge in [0, 0.05) is 18.2 Å². The van der Waals surface area contributed by atoms with Crippen molar-refractivity contribution < 1.29 is 4.79 Å². The molecule has 0 aromatic heterocycles. The number of carbonyl (C=O) groups excluding carboxylic acids is 1. The summed E-state index contributed by atoms with van der Waals surface area (Å²) in [7, 11) is 4.11. The van der Waals surface area contributed by atoms with Gasteiger partial charge in [0.15, 0.2) is 0 Å². The van der Waals surface area contributed by atoms with E-state index in [1.807, 2.05) is 0 Å². The van der Waals surface area contributed by atoms with E-state index in [4.69, 9.17) is 0 Å². The third-order valence-corrected chi connectivity index (χ3v) is 3.26. The minimum absolute atomic E-state index is 0.155. The first kappa shape index (κ1) is 15.2. The maximum absolute atomic E-state index is 12.2. The van der Waals surface area contributed by atoms with Crippen molar-refractivity contribution in [3.8, 4) is 0 Å². The SMILES string of the molecule is CC(C)CC(CN(C)C)NC(=O)C1=CCCCC1. The van der Waals surface area contributed by atoms with Crippen LogP contribution in [-0.2, 0) is 4.79 Å². The van der Waals surface area contributed by atoms with Crippen LogP contribution in [-0.4, -0.2) is 37.5 Å². The summed E-state index contributed by atoms with van der Waals surface area (Å²) < 4.78 is 0. The molecule has 0 bridgehead atoms. The number of nitrogens with one attached hydrogen (secondary N) is 1. The summed E-state index contributed by atoms with van der Waals surface area (Å²) in [5, 5.41) is 3.20. The van der Waals surface area contributed by atoms with Crippen LogP contribution in [0.5, 0.6) is 0 Å². The van der Waals surface area contributed by atoms with Gasteiger partial charge in [-0.1, -0.05) is 19.9 Å². The van der Waals surface area contributed by atoms with Crippen molar-refractivity contribution in [2.75, 3.05) is 20.6 Å². The molecule has 0 spiro atoms. The van der Waals surface area contributed by atoms with Crippen LogP contribution in [0, 0.1) is 5.92 Å². The number of amides is 1. The van der Waals surface area contributed by atoms with Crippen molar-refractivity contribution in [1.29, 1.82) is 0 Å². The molecule has 0 aliphatic heterocycles. The predicted octanol–water partition coefficient (Wildman–Crippen LogP) is 2.58. The second kappa shape index (κ2) is 7.57. The smallest absolute Gasteiger partial charge is 0.247 e. The van der Waals surface area contributed by atoms with Crippen molar-refractivity contribution in [2.24, 2.45) is 5.92 Å². The summed E-state index contributed by atoms with van der Waals surface area (Å²) in [4.78, 5) is 14.3. The van der Waals surface area contributed by atoms with Gasteiger partial charge in [0.1, 0.15) is 0 Å². The molecule has 18 heavy (non-hydrogen) atoms. The Morgan fingerprint density at radius 3 is 2.61 bits per heavy atom. The van der Waals surface area contributed by atoms with Crippen molar-refractivity contribution in [3.63, 3.8) is 0 Å². The molecule has 1 atom stereocenters. The normalized spacial score (nSPS) is 17.8. The zero-order valence-corrected chi connectivity index (χ0v) is 12.3. The Kier molecular flexibility index (Phi) is 6.41. The molecule has 1 unspecified atom stereocenters. The van der Waals surface area contributed by atoms with Gasteiger partial charge in [-0.25, -0.2) is 0 Å². The molecule has 1 rings (SSSR count). The Morgan fingerprint density at radius 1 is 1.39 bits per heavy atom. The monoisotopic (exact) mass is 252 g/mol. The maximum atomic E-state index is 12.2. The Balaban J connectivity index is 2.52. The summed E-state index contributed by atoms with van der Waals surface area (Å²) in [5.41, 5.74) is 0.994. The summed E-state index contributed by atoms with van der Waals surface area (Å²) in [6.45, 7) is 5.32. The topological polar surface area (TPSA) is 32.3 Å². The number of carbonyl (C=O) groups is 1. The molecule has 0 aromatic carbocycles. The molecule has 0 fully saturated rings. The second-order valence-corrected chi connectivity index (χ2v) is 6.04. The van der Waals surface area contributed by atoms with Crippen LogP contribution in [0.4, 0.5) is 0 Å². The highest BCUT2D eigenvalue weighted by molar-refractivity contribution is 5.93. The highest BCUT2D eigenvalue weighted by Gasteiger charge is 2.18. The first-order chi connectivity index (χ1) is 8.49. The fourth-order valence-electron chi connectivity index (χ4n) is 2.51. The molecule has 0 aromatic rings. The van der Waals surface area contributed by atoms with Crippen LogP contribution in [0.2, 0.25) is 0 Å². The molecule has 1 N–H and O–H groups in total. The van der Waals surface area contributed by atoms with E-state index in [-0.39, 0.29) is 11.9 Å². The van der Waals surface area contributed by atoms with E-state index >= 15 is 0 Å². The van der Waals surface area contributed by atoms with Crippen LogP contribution < -0.4 is 5.32 Å². The van der Waals surface area contributed by atoms with Gasteiger partial charge in [0.2, 0.25) is 5.91 Å². The van der Waals surface area contributed by atoms with Crippen molar-refractivity contribution >= 4 is 5.91 Å². The quantitative estimate of drug-likeness (QED) is 0.788. The van der Waals surface area contributed by atoms with Gasteiger partial charge in [0.05, 0.1) is 0 Å². The zero-order chi connectivity index (χ0) is 13.5. The van der Waals surface area contributed by atoms with Gasteiger partial charge in [-0.05, 0) is 52.1 Å². The molecular weight excluding hydrogens is 224 g/mol. The van der Waals surface area contributed by atoms with Crippen molar-refractivity contribution in [1.82, 2.24) is 10.2 Å². The van der Waals surface area contributed by atoms with Crippen LogP contribution in [0.1, 0.15) is 46.0 Å². The summed E-state index contributed by atoms with van der Waals surface area (Å²) in [6.07, 6.45) is 7.54. The van der Waals surface area contributed by atoms with E-state index < -0.39 is 0 Å². The number of hydrogen-bond acceptors (Lipinski definition) is 2. The fraction of sp³-hybridized carbons (Fsp3) is 0.800. The van der Waals surface area contributed by atoms with Gasteiger partial charge in [-0.15, -0.1) is 0 Å². The molecule has 0 heterocycles. The van der Waals surface area contributed by atoms with Crippen molar-refractivity contribution in [2.45, 2.75) is 52.0 Å². The third-order valence-electron chi connectivity index (χ3n) is 3.26. The fourth-order valence-corrected chi connectivity index (χ4v) is 2.51. The standard InChI is InChI=1S/C15H28N2O/c1-12(2)10-14(11-17(3)4)16-15(18)13-8-6-5-7-9-13/h8,12,14H,5-7,9-11H2,1-4H3,(H,16,18). The lowest BCUT2D eigenvalue weighted by Gasteiger charge is -2.25. The van der Waals surface area contributed by atoms with Crippen LogP contribution in [0.3, 0.4) is 0 Å². The number of rotatable bonds is 6. The van der Waals surface area contributed by atoms with E-state index in [1.165, 1.54) is 6.42 Å². The van der Waals surface area contributed by atoms with Crippen LogP contribution >= 0.6 is 0 Å². The molecule has 104 valence electrons. The molecule has 0 saturated heterocycles. The Bertz CT molecular complexity index is 285. The predicted molar refractivity (Wildman–Crippen MR) is 76.5 cm³/mol. The van der Waals surface area contributed by atoms with E-state index in [9.17, 15) is 4.79 Å². The Hall–Kier alpha value is -0.830. The maximum Gasteiger partial charge on any atom is 0.247 e. The number of likely N-dealkylation sites (N-methyl/N-ethyl adjacent to an activating group) is 1. The average molecular weight is 252 g/mol. The Morgan fingerprint density at radius 2 is 2.11 bits per heavy atom. The molecule has 3 nitrogen and oxygen atoms in total. The minimum atomic E-state index is 0.155. The average Bonchev–Trinajstić information content (AvgIpc) is 2.28. The zero-order valence-electron chi connectivity index (χ0n) is 12.3. The van der Waals surface area contributed by atoms with E-state index in [1.54, 1.807) is 0 Å². The van der Waals surface area contributed by atoms with E-state index in [0.717, 1.165) is 37.8 Å². The second-order valence-electron chi connectivity index (χ2n) is 6.04. The minimum Gasteiger partial charge on any atom is -0.348 e. The van der Waals surface area contributed by atoms with Gasteiger partial charge < -0.3 is 10.2 Å². The number of hydrogen-bond donors (Lipinski definition) is 1. The lowest BCUT2D eigenvalue weighted by atomic mass is 9.98. The lowest BCUT2D eigenvalue weighted by Crippen LogP contribution is -2.43. The molecular formula is C15H28N2O. The highest BCUT2D eigenvalue weighted by Crippen LogP contribution is 2.17. The molecule has 0 saturated carbocycles. The van der Waals surface area contributed by atoms with Crippen molar-refractivity contribution in [3.05, 3.63) is 11.6 Å². The van der Waals surface area contributed by atoms with Crippen LogP contribution in [0.25, 0.3) is 0 Å². The number of nitrogens with zero attached hydrogens (tertiary/aromatic N) is 1. The summed E-state index contributed by atoms with van der Waals surface area (Å²) >= 11 is 0. The molecule has 1 aliphatic rings. The molecule has 0 radical (unpaired) electrons. The van der Waals surface area contributed by atoms with Gasteiger partial charge in [-0.2, -0.15) is 0 Å². The van der Waals surface area contributed by atoms with Gasteiger partial charge >= 0.3 is 0 Å². The lowest BCUT2D eigenvalue weighted by molar-refractivity contribution is -0.118. The summed E-state index contributed by atoms with van der Waals surface area (Å²) in [6, 6.07) is 0.260. The summed E-state index contributed by atoms with van der Waals surface area (Å²) in [5.74, 6) is 0.762. The molecule has 1 aliphatic carbocycles. The van der Waals surface area contributed by atoms with Gasteiger partial charge in [-0.3, -0.25) is 4.79 Å². The largest absolute Gasteiger partial charge is 0.348 e. The van der Waals surface area contributed by atoms with Crippen LogP contribution in [0.15, 0.2) is 11.6 Å². The van der Waals surface area contributed by atoms with E-state index in [0.29, 0.717) is 5.92 Å². The first-order valence-corrected chi connectivity index (χ1v) is 7.13. The Labute approximate surface area is 112 Å². The first-order valence-electron chi connectivity index (χ1n) is 7.13. The highest BCUT2D eigenvalue weighted by atomic mass is 16.1. The molecule has 3 heteroatoms. The number of allylic oxidation sites excluding steroid dienone is 1.